The normalized spacial score (nSPS) is 10.1. The van der Waals surface area contributed by atoms with Gasteiger partial charge in [0.2, 0.25) is 5.91 Å². The van der Waals surface area contributed by atoms with Gasteiger partial charge < -0.3 is 10.6 Å². The predicted octanol–water partition coefficient (Wildman–Crippen LogP) is 1.44. The van der Waals surface area contributed by atoms with E-state index in [0.29, 0.717) is 13.1 Å². The summed E-state index contributed by atoms with van der Waals surface area (Å²) in [4.78, 5) is 10.6. The first-order valence-electron chi connectivity index (χ1n) is 5.38. The molecular weight excluding hydrogens is 207 g/mol. The molecule has 0 saturated heterocycles. The number of hydrogen-bond donors (Lipinski definition) is 2. The van der Waals surface area contributed by atoms with Crippen molar-refractivity contribution in [2.75, 3.05) is 13.1 Å². The fourth-order valence-corrected chi connectivity index (χ4v) is 1.36. The highest BCUT2D eigenvalue weighted by Gasteiger charge is 1.95. The number of nitrogens with one attached hydrogen (secondary N) is 2. The fourth-order valence-electron chi connectivity index (χ4n) is 1.36. The molecule has 0 fully saturated rings. The van der Waals surface area contributed by atoms with Crippen LogP contribution in [-0.2, 0) is 11.3 Å². The van der Waals surface area contributed by atoms with Crippen molar-refractivity contribution in [2.24, 2.45) is 0 Å². The molecule has 0 unspecified atom stereocenters. The summed E-state index contributed by atoms with van der Waals surface area (Å²) >= 11 is 0. The highest BCUT2D eigenvalue weighted by atomic mass is 19.1. The molecular formula is C12H17FN2O. The van der Waals surface area contributed by atoms with Gasteiger partial charge in [-0.1, -0.05) is 12.1 Å². The van der Waals surface area contributed by atoms with Crippen LogP contribution in [0.1, 0.15) is 18.9 Å². The predicted molar refractivity (Wildman–Crippen MR) is 61.4 cm³/mol. The van der Waals surface area contributed by atoms with Crippen LogP contribution < -0.4 is 10.6 Å². The Morgan fingerprint density at radius 1 is 1.38 bits per heavy atom. The SMILES string of the molecule is CC(=O)NCCCNCc1cccc(F)c1. The topological polar surface area (TPSA) is 41.1 Å². The van der Waals surface area contributed by atoms with E-state index in [0.717, 1.165) is 18.5 Å². The van der Waals surface area contributed by atoms with Crippen molar-refractivity contribution in [1.82, 2.24) is 10.6 Å². The Morgan fingerprint density at radius 3 is 2.88 bits per heavy atom. The molecule has 2 N–H and O–H groups in total. The zero-order chi connectivity index (χ0) is 11.8. The molecule has 3 nitrogen and oxygen atoms in total. The molecule has 0 aromatic heterocycles. The Kier molecular flexibility index (Phi) is 5.50. The molecule has 0 aliphatic heterocycles. The van der Waals surface area contributed by atoms with E-state index in [1.165, 1.54) is 19.1 Å². The Bertz CT molecular complexity index is 342. The molecule has 0 bridgehead atoms. The highest BCUT2D eigenvalue weighted by Crippen LogP contribution is 2.02. The molecule has 1 amide bonds. The van der Waals surface area contributed by atoms with Crippen molar-refractivity contribution in [3.05, 3.63) is 35.6 Å². The number of carbonyl (C=O) groups is 1. The van der Waals surface area contributed by atoms with Crippen molar-refractivity contribution in [2.45, 2.75) is 19.9 Å². The Labute approximate surface area is 95.0 Å². The molecule has 0 radical (unpaired) electrons. The standard InChI is InChI=1S/C12H17FN2O/c1-10(16)15-7-3-6-14-9-11-4-2-5-12(13)8-11/h2,4-5,8,14H,3,6-7,9H2,1H3,(H,15,16). The minimum Gasteiger partial charge on any atom is -0.356 e. The summed E-state index contributed by atoms with van der Waals surface area (Å²) in [7, 11) is 0. The monoisotopic (exact) mass is 224 g/mol. The summed E-state index contributed by atoms with van der Waals surface area (Å²) in [6, 6.07) is 6.52. The molecule has 0 aliphatic rings. The van der Waals surface area contributed by atoms with Crippen LogP contribution in [0.15, 0.2) is 24.3 Å². The Balaban J connectivity index is 2.09. The van der Waals surface area contributed by atoms with E-state index in [4.69, 9.17) is 0 Å². The molecule has 0 saturated carbocycles. The van der Waals surface area contributed by atoms with Gasteiger partial charge in [-0.25, -0.2) is 4.39 Å². The average Bonchev–Trinajstić information content (AvgIpc) is 2.23. The summed E-state index contributed by atoms with van der Waals surface area (Å²) in [5, 5.41) is 5.90. The fraction of sp³-hybridized carbons (Fsp3) is 0.417. The van der Waals surface area contributed by atoms with Gasteiger partial charge in [-0.2, -0.15) is 0 Å². The lowest BCUT2D eigenvalue weighted by molar-refractivity contribution is -0.118. The average molecular weight is 224 g/mol. The molecule has 1 aromatic carbocycles. The molecule has 0 aliphatic carbocycles. The van der Waals surface area contributed by atoms with Crippen LogP contribution in [0.4, 0.5) is 4.39 Å². The molecule has 4 heteroatoms. The van der Waals surface area contributed by atoms with Gasteiger partial charge in [-0.3, -0.25) is 4.79 Å². The zero-order valence-corrected chi connectivity index (χ0v) is 9.42. The Hall–Kier alpha value is -1.42. The number of carbonyl (C=O) groups excluding carboxylic acids is 1. The van der Waals surface area contributed by atoms with Gasteiger partial charge >= 0.3 is 0 Å². The largest absolute Gasteiger partial charge is 0.356 e. The van der Waals surface area contributed by atoms with Crippen molar-refractivity contribution >= 4 is 5.91 Å². The zero-order valence-electron chi connectivity index (χ0n) is 9.42. The van der Waals surface area contributed by atoms with Crippen LogP contribution in [0.2, 0.25) is 0 Å². The van der Waals surface area contributed by atoms with E-state index in [-0.39, 0.29) is 11.7 Å². The van der Waals surface area contributed by atoms with Crippen molar-refractivity contribution in [3.8, 4) is 0 Å². The lowest BCUT2D eigenvalue weighted by Crippen LogP contribution is -2.24. The van der Waals surface area contributed by atoms with E-state index in [1.807, 2.05) is 6.07 Å². The maximum absolute atomic E-state index is 12.8. The second-order valence-corrected chi connectivity index (χ2v) is 3.64. The van der Waals surface area contributed by atoms with Crippen molar-refractivity contribution in [1.29, 1.82) is 0 Å². The summed E-state index contributed by atoms with van der Waals surface area (Å²) in [6.07, 6.45) is 0.870. The molecule has 0 heterocycles. The van der Waals surface area contributed by atoms with Crippen LogP contribution >= 0.6 is 0 Å². The second kappa shape index (κ2) is 6.95. The van der Waals surface area contributed by atoms with Gasteiger partial charge in [0.1, 0.15) is 5.82 Å². The molecule has 0 spiro atoms. The highest BCUT2D eigenvalue weighted by molar-refractivity contribution is 5.72. The van der Waals surface area contributed by atoms with E-state index in [1.54, 1.807) is 6.07 Å². The van der Waals surface area contributed by atoms with Gasteiger partial charge in [0.05, 0.1) is 0 Å². The van der Waals surface area contributed by atoms with Gasteiger partial charge in [-0.05, 0) is 30.7 Å². The Morgan fingerprint density at radius 2 is 2.19 bits per heavy atom. The number of halogens is 1. The third-order valence-corrected chi connectivity index (χ3v) is 2.12. The van der Waals surface area contributed by atoms with Crippen molar-refractivity contribution in [3.63, 3.8) is 0 Å². The number of hydrogen-bond acceptors (Lipinski definition) is 2. The quantitative estimate of drug-likeness (QED) is 0.718. The molecule has 16 heavy (non-hydrogen) atoms. The maximum atomic E-state index is 12.8. The minimum atomic E-state index is -0.211. The van der Waals surface area contributed by atoms with Gasteiger partial charge in [0, 0.05) is 20.0 Å². The first-order chi connectivity index (χ1) is 7.68. The minimum absolute atomic E-state index is 0.00914. The second-order valence-electron chi connectivity index (χ2n) is 3.64. The van der Waals surface area contributed by atoms with Crippen molar-refractivity contribution < 1.29 is 9.18 Å². The summed E-state index contributed by atoms with van der Waals surface area (Å²) in [5.74, 6) is -0.220. The van der Waals surface area contributed by atoms with E-state index in [2.05, 4.69) is 10.6 Å². The lowest BCUT2D eigenvalue weighted by atomic mass is 10.2. The van der Waals surface area contributed by atoms with E-state index in [9.17, 15) is 9.18 Å². The number of benzene rings is 1. The maximum Gasteiger partial charge on any atom is 0.216 e. The third-order valence-electron chi connectivity index (χ3n) is 2.12. The van der Waals surface area contributed by atoms with Crippen LogP contribution in [-0.4, -0.2) is 19.0 Å². The van der Waals surface area contributed by atoms with Crippen LogP contribution in [0.5, 0.6) is 0 Å². The van der Waals surface area contributed by atoms with E-state index >= 15 is 0 Å². The van der Waals surface area contributed by atoms with Gasteiger partial charge in [0.15, 0.2) is 0 Å². The summed E-state index contributed by atoms with van der Waals surface area (Å²) in [6.45, 7) is 3.63. The third kappa shape index (κ3) is 5.46. The molecule has 0 atom stereocenters. The van der Waals surface area contributed by atoms with Gasteiger partial charge in [-0.15, -0.1) is 0 Å². The first kappa shape index (κ1) is 12.6. The van der Waals surface area contributed by atoms with Crippen LogP contribution in [0.25, 0.3) is 0 Å². The number of amides is 1. The number of rotatable bonds is 6. The lowest BCUT2D eigenvalue weighted by Gasteiger charge is -2.05. The summed E-state index contributed by atoms with van der Waals surface area (Å²) < 4.78 is 12.8. The smallest absolute Gasteiger partial charge is 0.216 e. The van der Waals surface area contributed by atoms with E-state index < -0.39 is 0 Å². The van der Waals surface area contributed by atoms with Gasteiger partial charge in [0.25, 0.3) is 0 Å². The molecule has 1 rings (SSSR count). The molecule has 88 valence electrons. The summed E-state index contributed by atoms with van der Waals surface area (Å²) in [5.41, 5.74) is 0.930. The molecule has 1 aromatic rings. The van der Waals surface area contributed by atoms with Crippen LogP contribution in [0.3, 0.4) is 0 Å². The first-order valence-corrected chi connectivity index (χ1v) is 5.38. The van der Waals surface area contributed by atoms with Crippen LogP contribution in [0, 0.1) is 5.82 Å².